The second-order valence-corrected chi connectivity index (χ2v) is 9.69. The number of rotatable bonds is 8. The molecule has 1 saturated heterocycles. The summed E-state index contributed by atoms with van der Waals surface area (Å²) in [6, 6.07) is 12.7. The van der Waals surface area contributed by atoms with Gasteiger partial charge < -0.3 is 15.4 Å². The van der Waals surface area contributed by atoms with Crippen LogP contribution in [0.5, 0.6) is 0 Å². The Morgan fingerprint density at radius 2 is 1.41 bits per heavy atom. The van der Waals surface area contributed by atoms with Gasteiger partial charge in [0, 0.05) is 29.5 Å². The number of sulfonamides is 1. The van der Waals surface area contributed by atoms with Crippen LogP contribution in [0.3, 0.4) is 0 Å². The molecule has 1 aliphatic rings. The molecule has 0 aromatic heterocycles. The van der Waals surface area contributed by atoms with Crippen LogP contribution >= 0.6 is 11.6 Å². The largest absolute Gasteiger partial charge is 0.379 e. The summed E-state index contributed by atoms with van der Waals surface area (Å²) in [4.78, 5) is 26.1. The van der Waals surface area contributed by atoms with E-state index in [2.05, 4.69) is 10.6 Å². The van der Waals surface area contributed by atoms with E-state index in [1.54, 1.807) is 48.3 Å². The third-order valence-corrected chi connectivity index (χ3v) is 6.87. The highest BCUT2D eigenvalue weighted by Crippen LogP contribution is 2.19. The summed E-state index contributed by atoms with van der Waals surface area (Å²) in [6.45, 7) is 1.39. The number of anilines is 2. The second-order valence-electron chi connectivity index (χ2n) is 7.32. The lowest BCUT2D eigenvalue weighted by molar-refractivity contribution is -0.119. The van der Waals surface area contributed by atoms with Crippen molar-refractivity contribution in [3.8, 4) is 0 Å². The van der Waals surface area contributed by atoms with Gasteiger partial charge in [0.2, 0.25) is 21.8 Å². The van der Waals surface area contributed by atoms with Crippen LogP contribution in [0.25, 0.3) is 0 Å². The van der Waals surface area contributed by atoms with Crippen LogP contribution < -0.4 is 10.6 Å². The fourth-order valence-electron chi connectivity index (χ4n) is 3.13. The number of amides is 2. The first-order chi connectivity index (χ1) is 15.2. The van der Waals surface area contributed by atoms with E-state index in [0.29, 0.717) is 42.7 Å². The van der Waals surface area contributed by atoms with E-state index in [4.69, 9.17) is 16.3 Å². The van der Waals surface area contributed by atoms with Crippen molar-refractivity contribution in [3.05, 3.63) is 53.6 Å². The number of hydrogen-bond donors (Lipinski definition) is 2. The number of carbonyl (C=O) groups excluding carboxylic acids is 2. The summed E-state index contributed by atoms with van der Waals surface area (Å²) >= 11 is 5.82. The Morgan fingerprint density at radius 1 is 0.938 bits per heavy atom. The molecule has 1 heterocycles. The highest BCUT2D eigenvalue weighted by molar-refractivity contribution is 7.89. The number of benzene rings is 2. The van der Waals surface area contributed by atoms with Crippen LogP contribution in [0.15, 0.2) is 53.4 Å². The van der Waals surface area contributed by atoms with Crippen LogP contribution in [0, 0.1) is 0 Å². The quantitative estimate of drug-likeness (QED) is 0.597. The molecule has 9 nitrogen and oxygen atoms in total. The Morgan fingerprint density at radius 3 is 1.91 bits per heavy atom. The van der Waals surface area contributed by atoms with E-state index in [0.717, 1.165) is 0 Å². The summed E-state index contributed by atoms with van der Waals surface area (Å²) in [5.74, 6) is -0.587. The van der Waals surface area contributed by atoms with E-state index in [1.807, 2.05) is 0 Å². The van der Waals surface area contributed by atoms with Gasteiger partial charge in [0.05, 0.1) is 31.2 Å². The summed E-state index contributed by atoms with van der Waals surface area (Å²) < 4.78 is 31.9. The monoisotopic (exact) mass is 480 g/mol. The molecule has 0 spiro atoms. The molecule has 32 heavy (non-hydrogen) atoms. The maximum Gasteiger partial charge on any atom is 0.243 e. The first-order valence-electron chi connectivity index (χ1n) is 9.96. The number of ether oxygens (including phenoxy) is 1. The minimum absolute atomic E-state index is 0.0120. The van der Waals surface area contributed by atoms with E-state index >= 15 is 0 Å². The Balaban J connectivity index is 1.48. The van der Waals surface area contributed by atoms with E-state index in [9.17, 15) is 18.0 Å². The molecular formula is C21H25ClN4O5S. The van der Waals surface area contributed by atoms with Gasteiger partial charge in [-0.05, 0) is 55.6 Å². The molecule has 1 aliphatic heterocycles. The molecule has 2 aromatic carbocycles. The summed E-state index contributed by atoms with van der Waals surface area (Å²) in [6.07, 6.45) is 0. The molecule has 0 radical (unpaired) electrons. The van der Waals surface area contributed by atoms with Gasteiger partial charge in [0.25, 0.3) is 0 Å². The zero-order chi connectivity index (χ0) is 23.1. The Bertz CT molecular complexity index is 1040. The molecule has 0 atom stereocenters. The number of hydrogen-bond acceptors (Lipinski definition) is 6. The Kier molecular flexibility index (Phi) is 8.21. The molecule has 0 unspecified atom stereocenters. The molecular weight excluding hydrogens is 456 g/mol. The molecule has 1 fully saturated rings. The van der Waals surface area contributed by atoms with Gasteiger partial charge in [-0.1, -0.05) is 11.6 Å². The Labute approximate surface area is 192 Å². The van der Waals surface area contributed by atoms with Crippen molar-refractivity contribution in [2.45, 2.75) is 4.90 Å². The standard InChI is InChI=1S/C21H25ClN4O5S/c1-25(14-20(27)23-17-4-2-16(22)3-5-17)15-21(28)24-18-6-8-19(9-7-18)32(29,30)26-10-12-31-13-11-26/h2-9H,10-15H2,1H3,(H,23,27)(H,24,28). The van der Waals surface area contributed by atoms with Gasteiger partial charge in [-0.2, -0.15) is 4.31 Å². The molecule has 2 aromatic rings. The lowest BCUT2D eigenvalue weighted by Crippen LogP contribution is -2.40. The maximum atomic E-state index is 12.6. The number of nitrogens with one attached hydrogen (secondary N) is 2. The topological polar surface area (TPSA) is 108 Å². The second kappa shape index (κ2) is 10.9. The summed E-state index contributed by atoms with van der Waals surface area (Å²) in [5.41, 5.74) is 1.08. The van der Waals surface area contributed by atoms with E-state index in [-0.39, 0.29) is 29.8 Å². The van der Waals surface area contributed by atoms with Gasteiger partial charge in [0.15, 0.2) is 0 Å². The highest BCUT2D eigenvalue weighted by atomic mass is 35.5. The molecule has 3 rings (SSSR count). The zero-order valence-corrected chi connectivity index (χ0v) is 19.2. The fourth-order valence-corrected chi connectivity index (χ4v) is 4.66. The van der Waals surface area contributed by atoms with Gasteiger partial charge in [-0.15, -0.1) is 0 Å². The fraction of sp³-hybridized carbons (Fsp3) is 0.333. The van der Waals surface area contributed by atoms with Gasteiger partial charge in [-0.3, -0.25) is 14.5 Å². The average molecular weight is 481 g/mol. The smallest absolute Gasteiger partial charge is 0.243 e. The number of morpholine rings is 1. The van der Waals surface area contributed by atoms with E-state index in [1.165, 1.54) is 16.4 Å². The van der Waals surface area contributed by atoms with Gasteiger partial charge >= 0.3 is 0 Å². The number of carbonyl (C=O) groups is 2. The zero-order valence-electron chi connectivity index (χ0n) is 17.6. The maximum absolute atomic E-state index is 12.6. The van der Waals surface area contributed by atoms with Crippen molar-refractivity contribution in [3.63, 3.8) is 0 Å². The molecule has 0 aliphatic carbocycles. The summed E-state index contributed by atoms with van der Waals surface area (Å²) in [5, 5.41) is 6.01. The number of nitrogens with zero attached hydrogens (tertiary/aromatic N) is 2. The van der Waals surface area contributed by atoms with Crippen molar-refractivity contribution in [1.82, 2.24) is 9.21 Å². The lowest BCUT2D eigenvalue weighted by Gasteiger charge is -2.26. The first-order valence-corrected chi connectivity index (χ1v) is 11.8. The SMILES string of the molecule is CN(CC(=O)Nc1ccc(Cl)cc1)CC(=O)Nc1ccc(S(=O)(=O)N2CCOCC2)cc1. The van der Waals surface area contributed by atoms with Crippen LogP contribution in [-0.2, 0) is 24.3 Å². The molecule has 11 heteroatoms. The van der Waals surface area contributed by atoms with Gasteiger partial charge in [-0.25, -0.2) is 8.42 Å². The number of halogens is 1. The minimum atomic E-state index is -3.59. The van der Waals surface area contributed by atoms with Crippen LogP contribution in [0.2, 0.25) is 5.02 Å². The van der Waals surface area contributed by atoms with Crippen molar-refractivity contribution in [1.29, 1.82) is 0 Å². The predicted octanol–water partition coefficient (Wildman–Crippen LogP) is 1.87. The van der Waals surface area contributed by atoms with E-state index < -0.39 is 10.0 Å². The average Bonchev–Trinajstić information content (AvgIpc) is 2.76. The van der Waals surface area contributed by atoms with Crippen molar-refractivity contribution in [2.75, 3.05) is 57.1 Å². The summed E-state index contributed by atoms with van der Waals surface area (Å²) in [7, 11) is -1.94. The Hall–Kier alpha value is -2.50. The van der Waals surface area contributed by atoms with Crippen LogP contribution in [-0.4, -0.2) is 75.9 Å². The molecule has 2 amide bonds. The third-order valence-electron chi connectivity index (χ3n) is 4.70. The molecule has 172 valence electrons. The van der Waals surface area contributed by atoms with Crippen LogP contribution in [0.1, 0.15) is 0 Å². The van der Waals surface area contributed by atoms with Crippen molar-refractivity contribution in [2.24, 2.45) is 0 Å². The van der Waals surface area contributed by atoms with Gasteiger partial charge in [0.1, 0.15) is 0 Å². The van der Waals surface area contributed by atoms with Crippen molar-refractivity contribution >= 4 is 44.8 Å². The molecule has 0 saturated carbocycles. The first kappa shape index (κ1) is 24.1. The third kappa shape index (κ3) is 6.75. The van der Waals surface area contributed by atoms with Crippen molar-refractivity contribution < 1.29 is 22.7 Å². The molecule has 2 N–H and O–H groups in total. The minimum Gasteiger partial charge on any atom is -0.379 e. The molecule has 0 bridgehead atoms. The highest BCUT2D eigenvalue weighted by Gasteiger charge is 2.26. The normalized spacial score (nSPS) is 14.8. The van der Waals surface area contributed by atoms with Crippen LogP contribution in [0.4, 0.5) is 11.4 Å². The lowest BCUT2D eigenvalue weighted by atomic mass is 10.3. The predicted molar refractivity (Wildman–Crippen MR) is 122 cm³/mol. The number of likely N-dealkylation sites (N-methyl/N-ethyl adjacent to an activating group) is 1.